The lowest BCUT2D eigenvalue weighted by Crippen LogP contribution is -2.23. The molecule has 104 valence electrons. The maximum absolute atomic E-state index is 10.7. The van der Waals surface area contributed by atoms with Crippen LogP contribution in [0.3, 0.4) is 0 Å². The van der Waals surface area contributed by atoms with Crippen molar-refractivity contribution in [2.24, 2.45) is 18.9 Å². The molecule has 1 fully saturated rings. The molecule has 1 heterocycles. The largest absolute Gasteiger partial charge is 0.478 e. The molecule has 5 heteroatoms. The molecular weight excluding hydrogens is 242 g/mol. The van der Waals surface area contributed by atoms with E-state index < -0.39 is 5.97 Å². The van der Waals surface area contributed by atoms with Gasteiger partial charge in [-0.1, -0.05) is 6.92 Å². The van der Waals surface area contributed by atoms with Crippen LogP contribution in [0, 0.1) is 18.8 Å². The zero-order chi connectivity index (χ0) is 14.2. The van der Waals surface area contributed by atoms with Crippen molar-refractivity contribution in [3.8, 4) is 0 Å². The van der Waals surface area contributed by atoms with E-state index in [-0.39, 0.29) is 0 Å². The molecular formula is C14H21N3O2. The topological polar surface area (TPSA) is 58.4 Å². The number of nitrogens with zero attached hydrogens (tertiary/aromatic N) is 3. The highest BCUT2D eigenvalue weighted by Crippen LogP contribution is 2.39. The molecule has 0 amide bonds. The first-order valence-corrected chi connectivity index (χ1v) is 6.56. The summed E-state index contributed by atoms with van der Waals surface area (Å²) in [5.74, 6) is 1.59. The predicted molar refractivity (Wildman–Crippen MR) is 75.2 cm³/mol. The van der Waals surface area contributed by atoms with Crippen molar-refractivity contribution in [3.05, 3.63) is 17.3 Å². The zero-order valence-electron chi connectivity index (χ0n) is 11.9. The molecule has 1 aliphatic rings. The Labute approximate surface area is 113 Å². The summed E-state index contributed by atoms with van der Waals surface area (Å²) >= 11 is 0. The van der Waals surface area contributed by atoms with Gasteiger partial charge in [0, 0.05) is 32.3 Å². The van der Waals surface area contributed by atoms with Crippen LogP contribution in [0.4, 0.5) is 5.82 Å². The number of aliphatic carboxylic acids is 1. The van der Waals surface area contributed by atoms with E-state index in [4.69, 9.17) is 5.11 Å². The maximum Gasteiger partial charge on any atom is 0.328 e. The van der Waals surface area contributed by atoms with Crippen LogP contribution < -0.4 is 4.90 Å². The predicted octanol–water partition coefficient (Wildman–Crippen LogP) is 1.92. The molecule has 0 aliphatic heterocycles. The van der Waals surface area contributed by atoms with Gasteiger partial charge in [0.15, 0.2) is 0 Å². The van der Waals surface area contributed by atoms with Crippen LogP contribution in [0.2, 0.25) is 0 Å². The lowest BCUT2D eigenvalue weighted by atomic mass is 10.2. The first-order valence-electron chi connectivity index (χ1n) is 6.56. The highest BCUT2D eigenvalue weighted by molar-refractivity contribution is 5.87. The number of aromatic nitrogens is 2. The van der Waals surface area contributed by atoms with Crippen LogP contribution in [-0.2, 0) is 11.8 Å². The molecule has 0 spiro atoms. The summed E-state index contributed by atoms with van der Waals surface area (Å²) in [7, 11) is 3.94. The molecule has 2 unspecified atom stereocenters. The Morgan fingerprint density at radius 3 is 2.79 bits per heavy atom. The van der Waals surface area contributed by atoms with Gasteiger partial charge in [-0.3, -0.25) is 4.68 Å². The lowest BCUT2D eigenvalue weighted by molar-refractivity contribution is -0.131. The Kier molecular flexibility index (Phi) is 3.64. The van der Waals surface area contributed by atoms with Crippen molar-refractivity contribution in [1.82, 2.24) is 9.78 Å². The third kappa shape index (κ3) is 2.97. The fourth-order valence-electron chi connectivity index (χ4n) is 2.56. The summed E-state index contributed by atoms with van der Waals surface area (Å²) in [6.07, 6.45) is 4.08. The second-order valence-corrected chi connectivity index (χ2v) is 5.47. The second kappa shape index (κ2) is 5.07. The quantitative estimate of drug-likeness (QED) is 0.825. The van der Waals surface area contributed by atoms with Crippen molar-refractivity contribution < 1.29 is 9.90 Å². The Morgan fingerprint density at radius 2 is 2.26 bits per heavy atom. The van der Waals surface area contributed by atoms with Crippen molar-refractivity contribution >= 4 is 17.9 Å². The first-order chi connectivity index (χ1) is 8.90. The van der Waals surface area contributed by atoms with E-state index in [0.717, 1.165) is 35.5 Å². The van der Waals surface area contributed by atoms with Crippen LogP contribution in [-0.4, -0.2) is 34.4 Å². The first kappa shape index (κ1) is 13.6. The minimum absolute atomic E-state index is 0.747. The summed E-state index contributed by atoms with van der Waals surface area (Å²) < 4.78 is 1.82. The standard InChI is InChI=1S/C14H21N3O2/c1-9-7-11(9)8-16(3)14-12(5-6-13(18)19)10(2)15-17(14)4/h5-6,9,11H,7-8H2,1-4H3,(H,18,19). The number of carbonyl (C=O) groups is 1. The monoisotopic (exact) mass is 263 g/mol. The fourth-order valence-corrected chi connectivity index (χ4v) is 2.56. The lowest BCUT2D eigenvalue weighted by Gasteiger charge is -2.20. The van der Waals surface area contributed by atoms with E-state index in [1.807, 2.05) is 25.7 Å². The molecule has 19 heavy (non-hydrogen) atoms. The average Bonchev–Trinajstić information content (AvgIpc) is 2.89. The van der Waals surface area contributed by atoms with Gasteiger partial charge in [0.1, 0.15) is 5.82 Å². The second-order valence-electron chi connectivity index (χ2n) is 5.47. The minimum atomic E-state index is -0.937. The maximum atomic E-state index is 10.7. The van der Waals surface area contributed by atoms with E-state index in [2.05, 4.69) is 16.9 Å². The van der Waals surface area contributed by atoms with Gasteiger partial charge in [-0.2, -0.15) is 5.10 Å². The molecule has 2 rings (SSSR count). The van der Waals surface area contributed by atoms with Gasteiger partial charge < -0.3 is 10.0 Å². The third-order valence-corrected chi connectivity index (χ3v) is 3.78. The van der Waals surface area contributed by atoms with Crippen molar-refractivity contribution in [3.63, 3.8) is 0 Å². The molecule has 0 radical (unpaired) electrons. The molecule has 0 aromatic carbocycles. The highest BCUT2D eigenvalue weighted by Gasteiger charge is 2.34. The molecule has 1 aromatic rings. The van der Waals surface area contributed by atoms with Gasteiger partial charge in [0.2, 0.25) is 0 Å². The van der Waals surface area contributed by atoms with Gasteiger partial charge in [-0.25, -0.2) is 4.79 Å². The van der Waals surface area contributed by atoms with E-state index in [0.29, 0.717) is 0 Å². The summed E-state index contributed by atoms with van der Waals surface area (Å²) in [4.78, 5) is 12.9. The Hall–Kier alpha value is -1.78. The third-order valence-electron chi connectivity index (χ3n) is 3.78. The SMILES string of the molecule is Cc1nn(C)c(N(C)CC2CC2C)c1C=CC(=O)O. The van der Waals surface area contributed by atoms with E-state index in [1.165, 1.54) is 12.5 Å². The minimum Gasteiger partial charge on any atom is -0.478 e. The van der Waals surface area contributed by atoms with Gasteiger partial charge in [-0.15, -0.1) is 0 Å². The van der Waals surface area contributed by atoms with Gasteiger partial charge in [0.25, 0.3) is 0 Å². The molecule has 1 N–H and O–H groups in total. The van der Waals surface area contributed by atoms with Crippen LogP contribution >= 0.6 is 0 Å². The highest BCUT2D eigenvalue weighted by atomic mass is 16.4. The average molecular weight is 263 g/mol. The van der Waals surface area contributed by atoms with E-state index >= 15 is 0 Å². The number of aryl methyl sites for hydroxylation is 2. The van der Waals surface area contributed by atoms with Crippen molar-refractivity contribution in [2.75, 3.05) is 18.5 Å². The van der Waals surface area contributed by atoms with Crippen LogP contribution in [0.15, 0.2) is 6.08 Å². The number of carboxylic acid groups (broad SMARTS) is 1. The number of hydrogen-bond donors (Lipinski definition) is 1. The smallest absolute Gasteiger partial charge is 0.328 e. The Bertz CT molecular complexity index is 519. The van der Waals surface area contributed by atoms with E-state index in [9.17, 15) is 4.79 Å². The van der Waals surface area contributed by atoms with E-state index in [1.54, 1.807) is 6.08 Å². The van der Waals surface area contributed by atoms with Crippen LogP contribution in [0.25, 0.3) is 6.08 Å². The Morgan fingerprint density at radius 1 is 1.63 bits per heavy atom. The summed E-state index contributed by atoms with van der Waals surface area (Å²) in [5.41, 5.74) is 1.74. The zero-order valence-corrected chi connectivity index (χ0v) is 11.9. The molecule has 1 aliphatic carbocycles. The molecule has 0 bridgehead atoms. The summed E-state index contributed by atoms with van der Waals surface area (Å²) in [6.45, 7) is 5.16. The number of rotatable bonds is 5. The van der Waals surface area contributed by atoms with Crippen LogP contribution in [0.1, 0.15) is 24.6 Å². The molecule has 1 saturated carbocycles. The van der Waals surface area contributed by atoms with Gasteiger partial charge in [-0.05, 0) is 31.3 Å². The van der Waals surface area contributed by atoms with Crippen molar-refractivity contribution in [1.29, 1.82) is 0 Å². The Balaban J connectivity index is 2.24. The molecule has 5 nitrogen and oxygen atoms in total. The number of carboxylic acids is 1. The summed E-state index contributed by atoms with van der Waals surface area (Å²) in [6, 6.07) is 0. The molecule has 1 aromatic heterocycles. The van der Waals surface area contributed by atoms with Crippen molar-refractivity contribution in [2.45, 2.75) is 20.3 Å². The molecule has 0 saturated heterocycles. The van der Waals surface area contributed by atoms with Crippen LogP contribution in [0.5, 0.6) is 0 Å². The molecule has 2 atom stereocenters. The summed E-state index contributed by atoms with van der Waals surface area (Å²) in [5, 5.41) is 13.2. The van der Waals surface area contributed by atoms with Gasteiger partial charge in [0.05, 0.1) is 5.69 Å². The fraction of sp³-hybridized carbons (Fsp3) is 0.571. The number of anilines is 1. The normalized spacial score (nSPS) is 21.9. The number of hydrogen-bond acceptors (Lipinski definition) is 3. The van der Waals surface area contributed by atoms with Gasteiger partial charge >= 0.3 is 5.97 Å².